The molecule has 0 aliphatic carbocycles. The van der Waals surface area contributed by atoms with Crippen LogP contribution in [0, 0.1) is 5.82 Å². The topological polar surface area (TPSA) is 38.3 Å². The van der Waals surface area contributed by atoms with Crippen molar-refractivity contribution in [2.75, 3.05) is 0 Å². The van der Waals surface area contributed by atoms with E-state index in [0.717, 1.165) is 5.56 Å². The fourth-order valence-electron chi connectivity index (χ4n) is 1.54. The molecule has 1 amide bonds. The maximum atomic E-state index is 12.6. The highest BCUT2D eigenvalue weighted by molar-refractivity contribution is 5.70. The van der Waals surface area contributed by atoms with Gasteiger partial charge in [0.2, 0.25) is 0 Å². The second kappa shape index (κ2) is 3.29. The van der Waals surface area contributed by atoms with Crippen LogP contribution in [0.15, 0.2) is 24.3 Å². The molecule has 1 heterocycles. The van der Waals surface area contributed by atoms with Crippen LogP contribution in [0.3, 0.4) is 0 Å². The molecule has 1 fully saturated rings. The van der Waals surface area contributed by atoms with Crippen LogP contribution in [-0.2, 0) is 4.74 Å². The van der Waals surface area contributed by atoms with Gasteiger partial charge in [-0.25, -0.2) is 9.18 Å². The molecular formula is C10H10FNO2. The largest absolute Gasteiger partial charge is 0.444 e. The first kappa shape index (κ1) is 8.99. The number of ether oxygens (including phenoxy) is 1. The monoisotopic (exact) mass is 195 g/mol. The standard InChI is InChI=1S/C10H10FNO2/c1-6-9(12-10(13)14-6)7-2-4-8(11)5-3-7/h2-6,9H,1H3,(H,12,13)/t6-,9+/m1/s1. The van der Waals surface area contributed by atoms with Crippen molar-refractivity contribution in [2.45, 2.75) is 19.1 Å². The molecule has 0 unspecified atom stereocenters. The van der Waals surface area contributed by atoms with Gasteiger partial charge in [-0.15, -0.1) is 0 Å². The second-order valence-corrected chi connectivity index (χ2v) is 3.28. The van der Waals surface area contributed by atoms with E-state index in [4.69, 9.17) is 4.74 Å². The van der Waals surface area contributed by atoms with Gasteiger partial charge in [0.1, 0.15) is 11.9 Å². The van der Waals surface area contributed by atoms with E-state index in [1.54, 1.807) is 19.1 Å². The number of halogens is 1. The molecule has 0 aromatic heterocycles. The maximum absolute atomic E-state index is 12.6. The van der Waals surface area contributed by atoms with E-state index in [-0.39, 0.29) is 18.0 Å². The lowest BCUT2D eigenvalue weighted by molar-refractivity contribution is 0.141. The number of alkyl carbamates (subject to hydrolysis) is 1. The summed E-state index contributed by atoms with van der Waals surface area (Å²) in [6.07, 6.45) is -0.639. The van der Waals surface area contributed by atoms with Gasteiger partial charge >= 0.3 is 6.09 Å². The zero-order valence-corrected chi connectivity index (χ0v) is 7.66. The normalized spacial score (nSPS) is 25.7. The smallest absolute Gasteiger partial charge is 0.408 e. The Morgan fingerprint density at radius 2 is 2.00 bits per heavy atom. The van der Waals surface area contributed by atoms with Crippen molar-refractivity contribution in [3.63, 3.8) is 0 Å². The molecule has 74 valence electrons. The predicted molar refractivity (Wildman–Crippen MR) is 48.2 cm³/mol. The Bertz CT molecular complexity index is 350. The number of carbonyl (C=O) groups excluding carboxylic acids is 1. The maximum Gasteiger partial charge on any atom is 0.408 e. The van der Waals surface area contributed by atoms with Crippen molar-refractivity contribution >= 4 is 6.09 Å². The summed E-state index contributed by atoms with van der Waals surface area (Å²) < 4.78 is 17.5. The summed E-state index contributed by atoms with van der Waals surface area (Å²) in [7, 11) is 0. The Kier molecular flexibility index (Phi) is 2.11. The third kappa shape index (κ3) is 1.55. The molecule has 14 heavy (non-hydrogen) atoms. The van der Waals surface area contributed by atoms with Crippen LogP contribution in [-0.4, -0.2) is 12.2 Å². The fraction of sp³-hybridized carbons (Fsp3) is 0.300. The van der Waals surface area contributed by atoms with E-state index in [9.17, 15) is 9.18 Å². The summed E-state index contributed by atoms with van der Waals surface area (Å²) in [5.41, 5.74) is 0.852. The average Bonchev–Trinajstić information content (AvgIpc) is 2.47. The Morgan fingerprint density at radius 3 is 2.50 bits per heavy atom. The minimum Gasteiger partial charge on any atom is -0.444 e. The van der Waals surface area contributed by atoms with Crippen molar-refractivity contribution in [1.82, 2.24) is 5.32 Å². The van der Waals surface area contributed by atoms with Crippen LogP contribution in [0.1, 0.15) is 18.5 Å². The lowest BCUT2D eigenvalue weighted by Gasteiger charge is -2.12. The first-order valence-electron chi connectivity index (χ1n) is 4.39. The highest BCUT2D eigenvalue weighted by Gasteiger charge is 2.31. The number of carbonyl (C=O) groups is 1. The van der Waals surface area contributed by atoms with Crippen molar-refractivity contribution in [3.8, 4) is 0 Å². The first-order valence-corrected chi connectivity index (χ1v) is 4.39. The summed E-state index contributed by atoms with van der Waals surface area (Å²) in [5, 5.41) is 2.66. The van der Waals surface area contributed by atoms with Crippen molar-refractivity contribution in [1.29, 1.82) is 0 Å². The Labute approximate surface area is 80.9 Å². The van der Waals surface area contributed by atoms with Crippen molar-refractivity contribution < 1.29 is 13.9 Å². The van der Waals surface area contributed by atoms with Crippen LogP contribution < -0.4 is 5.32 Å². The van der Waals surface area contributed by atoms with Gasteiger partial charge in [-0.2, -0.15) is 0 Å². The molecule has 0 saturated carbocycles. The van der Waals surface area contributed by atoms with Gasteiger partial charge in [-0.1, -0.05) is 12.1 Å². The van der Waals surface area contributed by atoms with Crippen LogP contribution in [0.5, 0.6) is 0 Å². The van der Waals surface area contributed by atoms with E-state index in [0.29, 0.717) is 0 Å². The van der Waals surface area contributed by atoms with Crippen molar-refractivity contribution in [2.24, 2.45) is 0 Å². The van der Waals surface area contributed by atoms with Gasteiger partial charge < -0.3 is 10.1 Å². The van der Waals surface area contributed by atoms with E-state index >= 15 is 0 Å². The summed E-state index contributed by atoms with van der Waals surface area (Å²) in [5.74, 6) is -0.286. The molecule has 1 N–H and O–H groups in total. The van der Waals surface area contributed by atoms with E-state index < -0.39 is 6.09 Å². The molecule has 3 nitrogen and oxygen atoms in total. The average molecular weight is 195 g/mol. The summed E-state index contributed by atoms with van der Waals surface area (Å²) >= 11 is 0. The quantitative estimate of drug-likeness (QED) is 0.744. The lowest BCUT2D eigenvalue weighted by Crippen LogP contribution is -2.20. The molecule has 2 rings (SSSR count). The first-order chi connectivity index (χ1) is 6.66. The van der Waals surface area contributed by atoms with Crippen molar-refractivity contribution in [3.05, 3.63) is 35.6 Å². The van der Waals surface area contributed by atoms with Crippen LogP contribution >= 0.6 is 0 Å². The van der Waals surface area contributed by atoms with Gasteiger partial charge in [0.15, 0.2) is 0 Å². The summed E-state index contributed by atoms with van der Waals surface area (Å²) in [6, 6.07) is 5.85. The second-order valence-electron chi connectivity index (χ2n) is 3.28. The van der Waals surface area contributed by atoms with Gasteiger partial charge in [0.25, 0.3) is 0 Å². The van der Waals surface area contributed by atoms with Crippen LogP contribution in [0.4, 0.5) is 9.18 Å². The SMILES string of the molecule is C[C@H]1OC(=O)N[C@@H]1c1ccc(F)cc1. The molecule has 1 aromatic carbocycles. The molecule has 1 saturated heterocycles. The minimum atomic E-state index is -0.424. The zero-order valence-electron chi connectivity index (χ0n) is 7.66. The third-order valence-corrected chi connectivity index (χ3v) is 2.26. The molecule has 2 atom stereocenters. The van der Waals surface area contributed by atoms with Gasteiger partial charge in [-0.3, -0.25) is 0 Å². The minimum absolute atomic E-state index is 0.178. The van der Waals surface area contributed by atoms with E-state index in [2.05, 4.69) is 5.32 Å². The fourth-order valence-corrected chi connectivity index (χ4v) is 1.54. The van der Waals surface area contributed by atoms with Crippen LogP contribution in [0.2, 0.25) is 0 Å². The number of cyclic esters (lactones) is 1. The van der Waals surface area contributed by atoms with Gasteiger partial charge in [0.05, 0.1) is 6.04 Å². The molecule has 4 heteroatoms. The Hall–Kier alpha value is -1.58. The lowest BCUT2D eigenvalue weighted by atomic mass is 10.0. The number of amides is 1. The number of nitrogens with one attached hydrogen (secondary N) is 1. The molecule has 1 aliphatic heterocycles. The third-order valence-electron chi connectivity index (χ3n) is 2.26. The molecule has 0 spiro atoms. The molecular weight excluding hydrogens is 185 g/mol. The zero-order chi connectivity index (χ0) is 10.1. The van der Waals surface area contributed by atoms with Gasteiger partial charge in [-0.05, 0) is 24.6 Å². The molecule has 1 aromatic rings. The molecule has 1 aliphatic rings. The number of rotatable bonds is 1. The van der Waals surface area contributed by atoms with E-state index in [1.165, 1.54) is 12.1 Å². The van der Waals surface area contributed by atoms with E-state index in [1.807, 2.05) is 0 Å². The number of hydrogen-bond donors (Lipinski definition) is 1. The number of benzene rings is 1. The van der Waals surface area contributed by atoms with Gasteiger partial charge in [0, 0.05) is 0 Å². The van der Waals surface area contributed by atoms with Crippen LogP contribution in [0.25, 0.3) is 0 Å². The summed E-state index contributed by atoms with van der Waals surface area (Å²) in [6.45, 7) is 1.80. The Morgan fingerprint density at radius 1 is 1.36 bits per heavy atom. The predicted octanol–water partition coefficient (Wildman–Crippen LogP) is 2.00. The highest BCUT2D eigenvalue weighted by Crippen LogP contribution is 2.24. The molecule has 0 bridgehead atoms. The summed E-state index contributed by atoms with van der Waals surface area (Å²) in [4.78, 5) is 10.9. The highest BCUT2D eigenvalue weighted by atomic mass is 19.1. The number of hydrogen-bond acceptors (Lipinski definition) is 2. The Balaban J connectivity index is 2.23. The molecule has 0 radical (unpaired) electrons.